The molecule has 0 amide bonds. The van der Waals surface area contributed by atoms with Gasteiger partial charge in [-0.1, -0.05) is 0 Å². The fraction of sp³-hybridized carbons (Fsp3) is 0.571. The third kappa shape index (κ3) is 3.83. The van der Waals surface area contributed by atoms with Crippen molar-refractivity contribution in [3.63, 3.8) is 0 Å². The van der Waals surface area contributed by atoms with Gasteiger partial charge in [0.15, 0.2) is 5.75 Å². The quantitative estimate of drug-likeness (QED) is 0.698. The highest BCUT2D eigenvalue weighted by Gasteiger charge is 2.24. The van der Waals surface area contributed by atoms with Gasteiger partial charge in [-0.3, -0.25) is 14.5 Å². The highest BCUT2D eigenvalue weighted by atomic mass is 16.4. The first-order valence-corrected chi connectivity index (χ1v) is 6.99. The van der Waals surface area contributed by atoms with Crippen LogP contribution in [0.15, 0.2) is 17.1 Å². The minimum absolute atomic E-state index is 0.0869. The van der Waals surface area contributed by atoms with Crippen molar-refractivity contribution in [3.05, 3.63) is 28.2 Å². The fourth-order valence-electron chi connectivity index (χ4n) is 2.62. The number of pyridine rings is 1. The molecule has 0 atom stereocenters. The molecule has 0 radical (unpaired) electrons. The van der Waals surface area contributed by atoms with Gasteiger partial charge in [-0.2, -0.15) is 0 Å². The first-order valence-electron chi connectivity index (χ1n) is 6.99. The summed E-state index contributed by atoms with van der Waals surface area (Å²) < 4.78 is 1.65. The van der Waals surface area contributed by atoms with Crippen LogP contribution >= 0.6 is 0 Å². The predicted octanol–water partition coefficient (Wildman–Crippen LogP) is -0.157. The summed E-state index contributed by atoms with van der Waals surface area (Å²) in [6.45, 7) is 2.03. The van der Waals surface area contributed by atoms with Crippen molar-refractivity contribution >= 4 is 5.97 Å². The number of aliphatic hydroxyl groups is 1. The highest BCUT2D eigenvalue weighted by molar-refractivity contribution is 5.70. The second-order valence-corrected chi connectivity index (χ2v) is 5.32. The van der Waals surface area contributed by atoms with E-state index in [1.54, 1.807) is 4.57 Å². The molecule has 1 aliphatic rings. The molecule has 1 fully saturated rings. The number of hydrogen-bond donors (Lipinski definition) is 3. The monoisotopic (exact) mass is 296 g/mol. The lowest BCUT2D eigenvalue weighted by Gasteiger charge is -2.30. The Morgan fingerprint density at radius 1 is 1.33 bits per heavy atom. The van der Waals surface area contributed by atoms with E-state index in [2.05, 4.69) is 4.90 Å². The summed E-state index contributed by atoms with van der Waals surface area (Å²) in [6, 6.07) is 1.37. The zero-order valence-electron chi connectivity index (χ0n) is 11.7. The number of carboxylic acids is 1. The van der Waals surface area contributed by atoms with Crippen LogP contribution in [0.1, 0.15) is 18.5 Å². The van der Waals surface area contributed by atoms with Crippen molar-refractivity contribution in [1.29, 1.82) is 0 Å². The number of aliphatic hydroxyl groups excluding tert-OH is 1. The number of aromatic hydroxyl groups is 1. The summed E-state index contributed by atoms with van der Waals surface area (Å²) in [7, 11) is 0. The SMILES string of the molecule is O=C(O)C1CCN(Cc2cc(=O)c(O)cn2CCO)CC1. The zero-order chi connectivity index (χ0) is 15.4. The molecule has 7 nitrogen and oxygen atoms in total. The van der Waals surface area contributed by atoms with Crippen LogP contribution in [0.2, 0.25) is 0 Å². The van der Waals surface area contributed by atoms with Crippen molar-refractivity contribution in [2.24, 2.45) is 5.92 Å². The van der Waals surface area contributed by atoms with E-state index in [4.69, 9.17) is 10.2 Å². The molecule has 3 N–H and O–H groups in total. The van der Waals surface area contributed by atoms with Gasteiger partial charge in [-0.05, 0) is 25.9 Å². The molecule has 0 aliphatic carbocycles. The van der Waals surface area contributed by atoms with Crippen LogP contribution < -0.4 is 5.43 Å². The summed E-state index contributed by atoms with van der Waals surface area (Å²) in [5.41, 5.74) is 0.264. The van der Waals surface area contributed by atoms with Crippen LogP contribution in [-0.2, 0) is 17.9 Å². The fourth-order valence-corrected chi connectivity index (χ4v) is 2.62. The summed E-state index contributed by atoms with van der Waals surface area (Å²) in [4.78, 5) is 24.6. The van der Waals surface area contributed by atoms with Gasteiger partial charge in [0, 0.05) is 24.8 Å². The number of nitrogens with zero attached hydrogens (tertiary/aromatic N) is 2. The van der Waals surface area contributed by atoms with Gasteiger partial charge in [-0.25, -0.2) is 0 Å². The minimum Gasteiger partial charge on any atom is -0.503 e. The number of aliphatic carboxylic acids is 1. The van der Waals surface area contributed by atoms with Crippen LogP contribution in [-0.4, -0.2) is 50.5 Å². The molecular formula is C14H20N2O5. The van der Waals surface area contributed by atoms with Gasteiger partial charge < -0.3 is 19.9 Å². The second kappa shape index (κ2) is 6.73. The molecule has 1 aromatic rings. The molecule has 21 heavy (non-hydrogen) atoms. The summed E-state index contributed by atoms with van der Waals surface area (Å²) >= 11 is 0. The van der Waals surface area contributed by atoms with Crippen LogP contribution in [0.5, 0.6) is 5.75 Å². The number of rotatable bonds is 5. The maximum absolute atomic E-state index is 11.6. The largest absolute Gasteiger partial charge is 0.503 e. The predicted molar refractivity (Wildman–Crippen MR) is 75.1 cm³/mol. The molecule has 7 heteroatoms. The molecule has 2 heterocycles. The first-order chi connectivity index (χ1) is 10.0. The molecule has 1 aromatic heterocycles. The Labute approximate surface area is 122 Å². The number of carboxylic acid groups (broad SMARTS) is 1. The zero-order valence-corrected chi connectivity index (χ0v) is 11.7. The Hall–Kier alpha value is -1.86. The average Bonchev–Trinajstić information content (AvgIpc) is 2.45. The Morgan fingerprint density at radius 3 is 2.57 bits per heavy atom. The molecular weight excluding hydrogens is 276 g/mol. The number of piperidine rings is 1. The molecule has 0 unspecified atom stereocenters. The van der Waals surface area contributed by atoms with E-state index in [0.29, 0.717) is 44.7 Å². The maximum Gasteiger partial charge on any atom is 0.306 e. The van der Waals surface area contributed by atoms with Crippen molar-refractivity contribution in [3.8, 4) is 5.75 Å². The molecule has 0 bridgehead atoms. The van der Waals surface area contributed by atoms with Crippen LogP contribution in [0.25, 0.3) is 0 Å². The topological polar surface area (TPSA) is 103 Å². The third-order valence-corrected chi connectivity index (χ3v) is 3.86. The van der Waals surface area contributed by atoms with E-state index in [-0.39, 0.29) is 18.3 Å². The summed E-state index contributed by atoms with van der Waals surface area (Å²) in [5, 5.41) is 27.5. The number of likely N-dealkylation sites (tertiary alicyclic amines) is 1. The maximum atomic E-state index is 11.6. The van der Waals surface area contributed by atoms with Gasteiger partial charge in [-0.15, -0.1) is 0 Å². The Morgan fingerprint density at radius 2 is 2.00 bits per heavy atom. The van der Waals surface area contributed by atoms with E-state index >= 15 is 0 Å². The normalized spacial score (nSPS) is 17.0. The first kappa shape index (κ1) is 15.5. The highest BCUT2D eigenvalue weighted by Crippen LogP contribution is 2.19. The molecule has 1 saturated heterocycles. The smallest absolute Gasteiger partial charge is 0.306 e. The van der Waals surface area contributed by atoms with Crippen molar-refractivity contribution in [1.82, 2.24) is 9.47 Å². The van der Waals surface area contributed by atoms with Crippen molar-refractivity contribution in [2.45, 2.75) is 25.9 Å². The summed E-state index contributed by atoms with van der Waals surface area (Å²) in [6.07, 6.45) is 2.52. The molecule has 2 rings (SSSR count). The molecule has 116 valence electrons. The van der Waals surface area contributed by atoms with Gasteiger partial charge in [0.25, 0.3) is 0 Å². The summed E-state index contributed by atoms with van der Waals surface area (Å²) in [5.74, 6) is -1.38. The Balaban J connectivity index is 2.07. The van der Waals surface area contributed by atoms with Crippen molar-refractivity contribution in [2.75, 3.05) is 19.7 Å². The number of aromatic nitrogens is 1. The number of hydrogen-bond acceptors (Lipinski definition) is 5. The molecule has 1 aliphatic heterocycles. The molecule has 0 spiro atoms. The molecule has 0 saturated carbocycles. The Bertz CT molecular complexity index is 561. The Kier molecular flexibility index (Phi) is 4.98. The van der Waals surface area contributed by atoms with Gasteiger partial charge in [0.1, 0.15) is 0 Å². The van der Waals surface area contributed by atoms with Gasteiger partial charge >= 0.3 is 5.97 Å². The van der Waals surface area contributed by atoms with Crippen LogP contribution in [0.4, 0.5) is 0 Å². The van der Waals surface area contributed by atoms with E-state index in [1.807, 2.05) is 0 Å². The van der Waals surface area contributed by atoms with E-state index in [0.717, 1.165) is 0 Å². The standard InChI is InChI=1S/C14H20N2O5/c17-6-5-16-9-13(19)12(18)7-11(16)8-15-3-1-10(2-4-15)14(20)21/h7,9-10,17,19H,1-6,8H2,(H,20,21). The lowest BCUT2D eigenvalue weighted by atomic mass is 9.97. The van der Waals surface area contributed by atoms with Crippen LogP contribution in [0.3, 0.4) is 0 Å². The third-order valence-electron chi connectivity index (χ3n) is 3.86. The van der Waals surface area contributed by atoms with E-state index < -0.39 is 11.4 Å². The van der Waals surface area contributed by atoms with Crippen LogP contribution in [0, 0.1) is 5.92 Å². The minimum atomic E-state index is -0.753. The van der Waals surface area contributed by atoms with E-state index in [9.17, 15) is 14.7 Å². The second-order valence-electron chi connectivity index (χ2n) is 5.32. The van der Waals surface area contributed by atoms with Gasteiger partial charge in [0.05, 0.1) is 18.7 Å². The lowest BCUT2D eigenvalue weighted by Crippen LogP contribution is -2.36. The van der Waals surface area contributed by atoms with Crippen molar-refractivity contribution < 1.29 is 20.1 Å². The van der Waals surface area contributed by atoms with E-state index in [1.165, 1.54) is 12.3 Å². The molecule has 0 aromatic carbocycles. The number of carbonyl (C=O) groups is 1. The average molecular weight is 296 g/mol. The van der Waals surface area contributed by atoms with Gasteiger partial charge in [0.2, 0.25) is 5.43 Å². The lowest BCUT2D eigenvalue weighted by molar-refractivity contribution is -0.143.